The zero-order valence-electron chi connectivity index (χ0n) is 18.1. The Balaban J connectivity index is 1.36. The van der Waals surface area contributed by atoms with E-state index < -0.39 is 11.7 Å². The third-order valence-electron chi connectivity index (χ3n) is 5.87. The van der Waals surface area contributed by atoms with Crippen LogP contribution >= 0.6 is 23.2 Å². The summed E-state index contributed by atoms with van der Waals surface area (Å²) < 4.78 is 47.4. The molecule has 180 valence electrons. The van der Waals surface area contributed by atoms with E-state index in [1.807, 2.05) is 0 Å². The molecule has 4 rings (SSSR count). The average molecular weight is 512 g/mol. The number of alkyl halides is 3. The number of nitrogens with zero attached hydrogens (tertiary/aromatic N) is 3. The Labute approximate surface area is 205 Å². The average Bonchev–Trinajstić information content (AvgIpc) is 3.26. The third kappa shape index (κ3) is 5.67. The fourth-order valence-electron chi connectivity index (χ4n) is 4.14. The zero-order valence-corrected chi connectivity index (χ0v) is 19.6. The van der Waals surface area contributed by atoms with Crippen LogP contribution in [0.3, 0.4) is 0 Å². The van der Waals surface area contributed by atoms with E-state index in [9.17, 15) is 18.0 Å². The second-order valence-electron chi connectivity index (χ2n) is 8.09. The molecule has 5 nitrogen and oxygen atoms in total. The van der Waals surface area contributed by atoms with Crippen LogP contribution in [0.1, 0.15) is 35.7 Å². The van der Waals surface area contributed by atoms with Crippen LogP contribution in [0.15, 0.2) is 54.9 Å². The number of rotatable bonds is 6. The number of carbonyl (C=O) groups is 1. The lowest BCUT2D eigenvalue weighted by Crippen LogP contribution is -2.40. The van der Waals surface area contributed by atoms with E-state index in [1.54, 1.807) is 46.1 Å². The quantitative estimate of drug-likeness (QED) is 0.405. The molecule has 2 heterocycles. The minimum Gasteiger partial charge on any atom is -0.482 e. The molecule has 1 amide bonds. The molecule has 1 aliphatic heterocycles. The van der Waals surface area contributed by atoms with E-state index in [0.717, 1.165) is 11.9 Å². The number of aromatic nitrogens is 2. The van der Waals surface area contributed by atoms with Gasteiger partial charge in [-0.1, -0.05) is 41.4 Å². The summed E-state index contributed by atoms with van der Waals surface area (Å²) in [6, 6.07) is 10.4. The van der Waals surface area contributed by atoms with Crippen LogP contribution in [-0.2, 0) is 17.5 Å². The van der Waals surface area contributed by atoms with Crippen LogP contribution in [0.4, 0.5) is 13.2 Å². The first-order valence-electron chi connectivity index (χ1n) is 10.7. The lowest BCUT2D eigenvalue weighted by atomic mass is 9.95. The Kier molecular flexibility index (Phi) is 7.38. The van der Waals surface area contributed by atoms with Gasteiger partial charge in [0.1, 0.15) is 11.6 Å². The molecule has 0 radical (unpaired) electrons. The second kappa shape index (κ2) is 10.3. The largest absolute Gasteiger partial charge is 0.482 e. The summed E-state index contributed by atoms with van der Waals surface area (Å²) in [6.45, 7) is 0.954. The summed E-state index contributed by atoms with van der Waals surface area (Å²) in [4.78, 5) is 18.7. The number of imidazole rings is 1. The molecule has 10 heteroatoms. The van der Waals surface area contributed by atoms with Crippen LogP contribution in [0, 0.1) is 0 Å². The van der Waals surface area contributed by atoms with Gasteiger partial charge in [0.25, 0.3) is 5.91 Å². The van der Waals surface area contributed by atoms with Crippen molar-refractivity contribution in [1.29, 1.82) is 0 Å². The number of ether oxygens (including phenoxy) is 1. The molecule has 0 atom stereocenters. The van der Waals surface area contributed by atoms with E-state index in [4.69, 9.17) is 27.9 Å². The fourth-order valence-corrected chi connectivity index (χ4v) is 4.61. The molecular weight excluding hydrogens is 490 g/mol. The van der Waals surface area contributed by atoms with Crippen LogP contribution in [0.5, 0.6) is 5.75 Å². The Hall–Kier alpha value is -2.71. The molecular formula is C24H22Cl2F3N3O2. The Bertz CT molecular complexity index is 1160. The molecule has 1 saturated heterocycles. The maximum absolute atomic E-state index is 13.4. The fraction of sp³-hybridized carbons (Fsp3) is 0.333. The van der Waals surface area contributed by atoms with Gasteiger partial charge in [-0.15, -0.1) is 0 Å². The van der Waals surface area contributed by atoms with Gasteiger partial charge in [-0.25, -0.2) is 4.98 Å². The van der Waals surface area contributed by atoms with Crippen molar-refractivity contribution in [2.24, 2.45) is 0 Å². The summed E-state index contributed by atoms with van der Waals surface area (Å²) in [6.07, 6.45) is 0.203. The first-order valence-corrected chi connectivity index (χ1v) is 11.5. The molecule has 0 spiro atoms. The number of halogens is 5. The number of likely N-dealkylation sites (tertiary alicyclic amines) is 1. The van der Waals surface area contributed by atoms with Gasteiger partial charge in [-0.2, -0.15) is 13.2 Å². The van der Waals surface area contributed by atoms with E-state index in [-0.39, 0.29) is 30.5 Å². The predicted octanol–water partition coefficient (Wildman–Crippen LogP) is 6.04. The summed E-state index contributed by atoms with van der Waals surface area (Å²) in [5, 5.41) is 0.809. The number of hydrogen-bond acceptors (Lipinski definition) is 3. The lowest BCUT2D eigenvalue weighted by molar-refractivity contribution is -0.138. The van der Waals surface area contributed by atoms with Gasteiger partial charge in [0.15, 0.2) is 6.61 Å². The SMILES string of the molecule is O=C(COc1ccc(Cl)cc1Cl)N1CCC(c2nccn2Cc2ccccc2C(F)(F)F)CC1. The van der Waals surface area contributed by atoms with E-state index in [0.29, 0.717) is 41.7 Å². The maximum atomic E-state index is 13.4. The van der Waals surface area contributed by atoms with Crippen molar-refractivity contribution in [3.63, 3.8) is 0 Å². The van der Waals surface area contributed by atoms with E-state index in [1.165, 1.54) is 12.1 Å². The first kappa shape index (κ1) is 24.4. The maximum Gasteiger partial charge on any atom is 0.416 e. The van der Waals surface area contributed by atoms with Gasteiger partial charge in [0, 0.05) is 43.0 Å². The van der Waals surface area contributed by atoms with Crippen LogP contribution < -0.4 is 4.74 Å². The number of amides is 1. The number of hydrogen-bond donors (Lipinski definition) is 0. The van der Waals surface area contributed by atoms with Crippen LogP contribution in [0.25, 0.3) is 0 Å². The third-order valence-corrected chi connectivity index (χ3v) is 6.40. The molecule has 2 aromatic carbocycles. The highest BCUT2D eigenvalue weighted by molar-refractivity contribution is 6.35. The van der Waals surface area contributed by atoms with Gasteiger partial charge >= 0.3 is 6.18 Å². The summed E-state index contributed by atoms with van der Waals surface area (Å²) in [7, 11) is 0. The molecule has 0 aliphatic carbocycles. The molecule has 1 fully saturated rings. The van der Waals surface area contributed by atoms with Crippen LogP contribution in [0.2, 0.25) is 10.0 Å². The Morgan fingerprint density at radius 2 is 1.85 bits per heavy atom. The van der Waals surface area contributed by atoms with Crippen molar-refractivity contribution in [3.8, 4) is 5.75 Å². The van der Waals surface area contributed by atoms with Crippen molar-refractivity contribution < 1.29 is 22.7 Å². The molecule has 0 saturated carbocycles. The molecule has 1 aliphatic rings. The molecule has 0 N–H and O–H groups in total. The van der Waals surface area contributed by atoms with Gasteiger partial charge in [-0.3, -0.25) is 4.79 Å². The highest BCUT2D eigenvalue weighted by Gasteiger charge is 2.33. The van der Waals surface area contributed by atoms with Gasteiger partial charge in [0.2, 0.25) is 0 Å². The van der Waals surface area contributed by atoms with Crippen molar-refractivity contribution in [2.45, 2.75) is 31.5 Å². The number of carbonyl (C=O) groups excluding carboxylic acids is 1. The zero-order chi connectivity index (χ0) is 24.3. The van der Waals surface area contributed by atoms with Gasteiger partial charge < -0.3 is 14.2 Å². The van der Waals surface area contributed by atoms with Gasteiger partial charge in [-0.05, 0) is 42.7 Å². The van der Waals surface area contributed by atoms with E-state index >= 15 is 0 Å². The second-order valence-corrected chi connectivity index (χ2v) is 8.93. The lowest BCUT2D eigenvalue weighted by Gasteiger charge is -2.32. The Morgan fingerprint density at radius 1 is 1.12 bits per heavy atom. The molecule has 0 bridgehead atoms. The summed E-state index contributed by atoms with van der Waals surface area (Å²) in [5.41, 5.74) is -0.448. The Morgan fingerprint density at radius 3 is 2.56 bits per heavy atom. The topological polar surface area (TPSA) is 47.4 Å². The smallest absolute Gasteiger partial charge is 0.416 e. The predicted molar refractivity (Wildman–Crippen MR) is 123 cm³/mol. The van der Waals surface area contributed by atoms with Crippen molar-refractivity contribution >= 4 is 29.1 Å². The molecule has 34 heavy (non-hydrogen) atoms. The van der Waals surface area contributed by atoms with E-state index in [2.05, 4.69) is 4.98 Å². The molecule has 0 unspecified atom stereocenters. The van der Waals surface area contributed by atoms with Crippen molar-refractivity contribution in [3.05, 3.63) is 81.9 Å². The summed E-state index contributed by atoms with van der Waals surface area (Å²) >= 11 is 11.9. The molecule has 3 aromatic rings. The first-order chi connectivity index (χ1) is 16.2. The standard InChI is InChI=1S/C24H22Cl2F3N3O2/c25-18-5-6-21(20(26)13-18)34-15-22(33)31-10-7-16(8-11-31)23-30-9-12-32(23)14-17-3-1-2-4-19(17)24(27,28)29/h1-6,9,12-13,16H,7-8,10-11,14-15H2. The van der Waals surface area contributed by atoms with Crippen LogP contribution in [-0.4, -0.2) is 40.1 Å². The highest BCUT2D eigenvalue weighted by Crippen LogP contribution is 2.33. The number of benzene rings is 2. The summed E-state index contributed by atoms with van der Waals surface area (Å²) in [5.74, 6) is 0.999. The number of piperidine rings is 1. The normalized spacial score (nSPS) is 14.9. The van der Waals surface area contributed by atoms with Crippen molar-refractivity contribution in [2.75, 3.05) is 19.7 Å². The highest BCUT2D eigenvalue weighted by atomic mass is 35.5. The molecule has 1 aromatic heterocycles. The minimum atomic E-state index is -4.42. The van der Waals surface area contributed by atoms with Crippen molar-refractivity contribution in [1.82, 2.24) is 14.5 Å². The minimum absolute atomic E-state index is 0.0451. The van der Waals surface area contributed by atoms with Gasteiger partial charge in [0.05, 0.1) is 10.6 Å². The monoisotopic (exact) mass is 511 g/mol.